The van der Waals surface area contributed by atoms with Gasteiger partial charge in [-0.1, -0.05) is 6.07 Å². The molecule has 0 aromatic heterocycles. The Kier molecular flexibility index (Phi) is 5.72. The number of hydrogen-bond donors (Lipinski definition) is 2. The standard InChI is InChI=1S/C13H20N2O2.ClH/c1-10-8-15(6-5-14-10)9-11-3-4-13(17-2)12(16)7-11;/h3-4,7,10,14,16H,5-6,8-9H2,1-2H3;1H/t10-;/m1./s1. The van der Waals surface area contributed by atoms with E-state index in [2.05, 4.69) is 17.1 Å². The Morgan fingerprint density at radius 2 is 2.28 bits per heavy atom. The van der Waals surface area contributed by atoms with Crippen molar-refractivity contribution in [3.8, 4) is 11.5 Å². The molecule has 1 saturated heterocycles. The SMILES string of the molecule is COc1ccc(CN2CCN[C@H](C)C2)cc1O.Cl. The van der Waals surface area contributed by atoms with Crippen molar-refractivity contribution in [3.63, 3.8) is 0 Å². The second-order valence-corrected chi connectivity index (χ2v) is 4.60. The number of rotatable bonds is 3. The van der Waals surface area contributed by atoms with Crippen LogP contribution in [0.2, 0.25) is 0 Å². The summed E-state index contributed by atoms with van der Waals surface area (Å²) in [6.07, 6.45) is 0. The third-order valence-corrected chi connectivity index (χ3v) is 3.10. The van der Waals surface area contributed by atoms with E-state index in [1.165, 1.54) is 0 Å². The summed E-state index contributed by atoms with van der Waals surface area (Å²) in [6, 6.07) is 6.14. The Labute approximate surface area is 114 Å². The number of halogens is 1. The highest BCUT2D eigenvalue weighted by Gasteiger charge is 2.15. The number of benzene rings is 1. The maximum Gasteiger partial charge on any atom is 0.160 e. The van der Waals surface area contributed by atoms with Gasteiger partial charge in [0, 0.05) is 32.2 Å². The van der Waals surface area contributed by atoms with Crippen LogP contribution < -0.4 is 10.1 Å². The first-order valence-electron chi connectivity index (χ1n) is 6.00. The van der Waals surface area contributed by atoms with Crippen LogP contribution in [0.5, 0.6) is 11.5 Å². The first-order valence-corrected chi connectivity index (χ1v) is 6.00. The number of phenols is 1. The summed E-state index contributed by atoms with van der Waals surface area (Å²) in [5, 5.41) is 13.1. The third-order valence-electron chi connectivity index (χ3n) is 3.10. The highest BCUT2D eigenvalue weighted by atomic mass is 35.5. The van der Waals surface area contributed by atoms with Crippen LogP contribution in [0.25, 0.3) is 0 Å². The van der Waals surface area contributed by atoms with Gasteiger partial charge in [0.15, 0.2) is 11.5 Å². The third kappa shape index (κ3) is 3.77. The summed E-state index contributed by atoms with van der Waals surface area (Å²) in [6.45, 7) is 6.20. The van der Waals surface area contributed by atoms with Crippen molar-refractivity contribution in [1.82, 2.24) is 10.2 Å². The lowest BCUT2D eigenvalue weighted by atomic mass is 10.1. The average molecular weight is 273 g/mol. The molecule has 2 rings (SSSR count). The maximum absolute atomic E-state index is 9.72. The van der Waals surface area contributed by atoms with Crippen LogP contribution in [0.4, 0.5) is 0 Å². The summed E-state index contributed by atoms with van der Waals surface area (Å²) in [7, 11) is 1.56. The Morgan fingerprint density at radius 3 is 2.89 bits per heavy atom. The van der Waals surface area contributed by atoms with E-state index >= 15 is 0 Å². The molecule has 1 aromatic rings. The second kappa shape index (κ2) is 6.83. The van der Waals surface area contributed by atoms with E-state index in [0.717, 1.165) is 31.7 Å². The van der Waals surface area contributed by atoms with E-state index in [-0.39, 0.29) is 18.2 Å². The summed E-state index contributed by atoms with van der Waals surface area (Å²) in [5.41, 5.74) is 1.12. The van der Waals surface area contributed by atoms with E-state index in [4.69, 9.17) is 4.74 Å². The van der Waals surface area contributed by atoms with Gasteiger partial charge >= 0.3 is 0 Å². The molecule has 0 unspecified atom stereocenters. The molecule has 1 fully saturated rings. The van der Waals surface area contributed by atoms with Crippen LogP contribution in [-0.4, -0.2) is 42.8 Å². The summed E-state index contributed by atoms with van der Waals surface area (Å²) in [5.74, 6) is 0.746. The lowest BCUT2D eigenvalue weighted by Crippen LogP contribution is -2.48. The monoisotopic (exact) mass is 272 g/mol. The van der Waals surface area contributed by atoms with Gasteiger partial charge in [0.2, 0.25) is 0 Å². The first kappa shape index (κ1) is 15.1. The maximum atomic E-state index is 9.72. The van der Waals surface area contributed by atoms with Crippen LogP contribution in [0.3, 0.4) is 0 Å². The normalized spacial score (nSPS) is 20.2. The van der Waals surface area contributed by atoms with Gasteiger partial charge in [0.25, 0.3) is 0 Å². The number of hydrogen-bond acceptors (Lipinski definition) is 4. The van der Waals surface area contributed by atoms with Crippen LogP contribution in [0, 0.1) is 0 Å². The molecular formula is C13H21ClN2O2. The molecule has 4 nitrogen and oxygen atoms in total. The molecule has 18 heavy (non-hydrogen) atoms. The van der Waals surface area contributed by atoms with Gasteiger partial charge in [-0.2, -0.15) is 0 Å². The molecule has 0 bridgehead atoms. The zero-order valence-electron chi connectivity index (χ0n) is 10.8. The predicted octanol–water partition coefficient (Wildman–Crippen LogP) is 1.62. The van der Waals surface area contributed by atoms with E-state index in [1.54, 1.807) is 13.2 Å². The van der Waals surface area contributed by atoms with Crippen molar-refractivity contribution in [3.05, 3.63) is 23.8 Å². The number of aromatic hydroxyl groups is 1. The Balaban J connectivity index is 0.00000162. The molecule has 0 radical (unpaired) electrons. The summed E-state index contributed by atoms with van der Waals surface area (Å²) >= 11 is 0. The minimum absolute atomic E-state index is 0. The molecule has 0 aliphatic carbocycles. The number of methoxy groups -OCH3 is 1. The number of nitrogens with zero attached hydrogens (tertiary/aromatic N) is 1. The topological polar surface area (TPSA) is 44.7 Å². The van der Waals surface area contributed by atoms with Gasteiger partial charge in [0.1, 0.15) is 0 Å². The fraction of sp³-hybridized carbons (Fsp3) is 0.538. The fourth-order valence-electron chi connectivity index (χ4n) is 2.25. The molecule has 1 atom stereocenters. The summed E-state index contributed by atoms with van der Waals surface area (Å²) in [4.78, 5) is 2.39. The van der Waals surface area contributed by atoms with E-state index in [0.29, 0.717) is 11.8 Å². The molecule has 102 valence electrons. The average Bonchev–Trinajstić information content (AvgIpc) is 2.29. The molecule has 0 amide bonds. The van der Waals surface area contributed by atoms with Gasteiger partial charge in [-0.15, -0.1) is 12.4 Å². The fourth-order valence-corrected chi connectivity index (χ4v) is 2.25. The van der Waals surface area contributed by atoms with E-state index < -0.39 is 0 Å². The molecule has 1 aromatic carbocycles. The van der Waals surface area contributed by atoms with Gasteiger partial charge < -0.3 is 15.2 Å². The molecule has 1 aliphatic heterocycles. The molecule has 0 saturated carbocycles. The van der Waals surface area contributed by atoms with Crippen LogP contribution in [0.15, 0.2) is 18.2 Å². The van der Waals surface area contributed by atoms with Crippen LogP contribution in [0.1, 0.15) is 12.5 Å². The number of phenolic OH excluding ortho intramolecular Hbond substituents is 1. The lowest BCUT2D eigenvalue weighted by molar-refractivity contribution is 0.199. The van der Waals surface area contributed by atoms with Crippen molar-refractivity contribution in [2.24, 2.45) is 0 Å². The zero-order chi connectivity index (χ0) is 12.3. The van der Waals surface area contributed by atoms with Crippen molar-refractivity contribution >= 4 is 12.4 Å². The zero-order valence-corrected chi connectivity index (χ0v) is 11.7. The lowest BCUT2D eigenvalue weighted by Gasteiger charge is -2.31. The van der Waals surface area contributed by atoms with E-state index in [9.17, 15) is 5.11 Å². The quantitative estimate of drug-likeness (QED) is 0.878. The Bertz CT molecular complexity index is 387. The second-order valence-electron chi connectivity index (χ2n) is 4.60. The van der Waals surface area contributed by atoms with Gasteiger partial charge in [0.05, 0.1) is 7.11 Å². The number of nitrogens with one attached hydrogen (secondary N) is 1. The minimum atomic E-state index is 0. The Hall–Kier alpha value is -0.970. The van der Waals surface area contributed by atoms with Crippen LogP contribution >= 0.6 is 12.4 Å². The van der Waals surface area contributed by atoms with Crippen molar-refractivity contribution in [2.45, 2.75) is 19.5 Å². The van der Waals surface area contributed by atoms with Crippen molar-refractivity contribution in [2.75, 3.05) is 26.7 Å². The smallest absolute Gasteiger partial charge is 0.160 e. The molecular weight excluding hydrogens is 252 g/mol. The predicted molar refractivity (Wildman–Crippen MR) is 74.6 cm³/mol. The van der Waals surface area contributed by atoms with Gasteiger partial charge in [-0.3, -0.25) is 4.90 Å². The number of piperazine rings is 1. The highest BCUT2D eigenvalue weighted by Crippen LogP contribution is 2.26. The van der Waals surface area contributed by atoms with Crippen molar-refractivity contribution in [1.29, 1.82) is 0 Å². The molecule has 1 aliphatic rings. The molecule has 5 heteroatoms. The minimum Gasteiger partial charge on any atom is -0.504 e. The number of ether oxygens (including phenoxy) is 1. The van der Waals surface area contributed by atoms with Gasteiger partial charge in [-0.05, 0) is 24.6 Å². The van der Waals surface area contributed by atoms with Crippen LogP contribution in [-0.2, 0) is 6.54 Å². The summed E-state index contributed by atoms with van der Waals surface area (Å²) < 4.78 is 5.03. The van der Waals surface area contributed by atoms with Gasteiger partial charge in [-0.25, -0.2) is 0 Å². The van der Waals surface area contributed by atoms with Crippen molar-refractivity contribution < 1.29 is 9.84 Å². The largest absolute Gasteiger partial charge is 0.504 e. The first-order chi connectivity index (χ1) is 8.19. The van der Waals surface area contributed by atoms with E-state index in [1.807, 2.05) is 12.1 Å². The molecule has 0 spiro atoms. The Morgan fingerprint density at radius 1 is 1.50 bits per heavy atom. The molecule has 2 N–H and O–H groups in total. The highest BCUT2D eigenvalue weighted by molar-refractivity contribution is 5.85. The molecule has 1 heterocycles.